The van der Waals surface area contributed by atoms with E-state index in [0.717, 1.165) is 11.3 Å². The number of rotatable bonds is 5. The molecular formula is C15H20N2O3. The van der Waals surface area contributed by atoms with E-state index >= 15 is 0 Å². The van der Waals surface area contributed by atoms with Crippen LogP contribution in [0.2, 0.25) is 0 Å². The van der Waals surface area contributed by atoms with E-state index in [1.807, 2.05) is 24.3 Å². The minimum absolute atomic E-state index is 0.104. The largest absolute Gasteiger partial charge is 0.480 e. The van der Waals surface area contributed by atoms with Gasteiger partial charge in [-0.1, -0.05) is 32.0 Å². The lowest BCUT2D eigenvalue weighted by Crippen LogP contribution is -2.44. The van der Waals surface area contributed by atoms with Crippen molar-refractivity contribution in [1.29, 1.82) is 0 Å². The molecule has 20 heavy (non-hydrogen) atoms. The van der Waals surface area contributed by atoms with Crippen molar-refractivity contribution in [2.75, 3.05) is 11.9 Å². The molecule has 0 spiro atoms. The van der Waals surface area contributed by atoms with Gasteiger partial charge >= 0.3 is 5.97 Å². The predicted octanol–water partition coefficient (Wildman–Crippen LogP) is 1.81. The fraction of sp³-hybridized carbons (Fsp3) is 0.467. The average molecular weight is 276 g/mol. The first kappa shape index (κ1) is 14.4. The Hall–Kier alpha value is -2.04. The van der Waals surface area contributed by atoms with E-state index in [2.05, 4.69) is 10.6 Å². The highest BCUT2D eigenvalue weighted by molar-refractivity contribution is 5.84. The smallest absolute Gasteiger partial charge is 0.326 e. The van der Waals surface area contributed by atoms with Crippen LogP contribution in [0.1, 0.15) is 31.7 Å². The van der Waals surface area contributed by atoms with Crippen molar-refractivity contribution in [3.63, 3.8) is 0 Å². The summed E-state index contributed by atoms with van der Waals surface area (Å²) in [5, 5.41) is 14.9. The highest BCUT2D eigenvalue weighted by atomic mass is 16.4. The minimum atomic E-state index is -0.988. The lowest BCUT2D eigenvalue weighted by Gasteiger charge is -2.19. The molecule has 3 N–H and O–H groups in total. The van der Waals surface area contributed by atoms with Gasteiger partial charge in [0.25, 0.3) is 0 Å². The van der Waals surface area contributed by atoms with E-state index in [1.54, 1.807) is 13.8 Å². The molecule has 2 atom stereocenters. The Morgan fingerprint density at radius 1 is 1.40 bits per heavy atom. The number of hydrogen-bond donors (Lipinski definition) is 3. The van der Waals surface area contributed by atoms with Crippen LogP contribution in [0.15, 0.2) is 24.3 Å². The van der Waals surface area contributed by atoms with Crippen molar-refractivity contribution in [2.45, 2.75) is 32.2 Å². The number of carbonyl (C=O) groups is 2. The maximum atomic E-state index is 12.0. The second-order valence-electron chi connectivity index (χ2n) is 5.50. The molecule has 5 heteroatoms. The molecule has 0 fully saturated rings. The topological polar surface area (TPSA) is 78.4 Å². The summed E-state index contributed by atoms with van der Waals surface area (Å²) < 4.78 is 0. The summed E-state index contributed by atoms with van der Waals surface area (Å²) in [7, 11) is 0. The second-order valence-corrected chi connectivity index (χ2v) is 5.50. The minimum Gasteiger partial charge on any atom is -0.480 e. The summed E-state index contributed by atoms with van der Waals surface area (Å²) in [6.07, 6.45) is 0.306. The highest BCUT2D eigenvalue weighted by Crippen LogP contribution is 2.33. The van der Waals surface area contributed by atoms with Gasteiger partial charge in [-0.3, -0.25) is 4.79 Å². The standard InChI is InChI=1S/C15H20N2O3/c1-9(2)14(15(19)20)17-13(18)7-10-8-16-12-6-4-3-5-11(10)12/h3-6,9-10,14,16H,7-8H2,1-2H3,(H,17,18)(H,19,20)/t10?,14-/m0/s1. The molecule has 0 radical (unpaired) electrons. The predicted molar refractivity (Wildman–Crippen MR) is 76.7 cm³/mol. The van der Waals surface area contributed by atoms with Crippen LogP contribution in [0, 0.1) is 5.92 Å². The SMILES string of the molecule is CC(C)[C@H](NC(=O)CC1CNc2ccccc21)C(=O)O. The Morgan fingerprint density at radius 2 is 2.10 bits per heavy atom. The van der Waals surface area contributed by atoms with Crippen molar-refractivity contribution >= 4 is 17.6 Å². The number of benzene rings is 1. The normalized spacial score (nSPS) is 18.2. The van der Waals surface area contributed by atoms with Gasteiger partial charge in [0.1, 0.15) is 6.04 Å². The summed E-state index contributed by atoms with van der Waals surface area (Å²) >= 11 is 0. The van der Waals surface area contributed by atoms with Crippen LogP contribution in [-0.4, -0.2) is 29.6 Å². The van der Waals surface area contributed by atoms with Gasteiger partial charge in [-0.2, -0.15) is 0 Å². The number of carbonyl (C=O) groups excluding carboxylic acids is 1. The van der Waals surface area contributed by atoms with Gasteiger partial charge in [0, 0.05) is 24.6 Å². The number of carboxylic acids is 1. The number of aliphatic carboxylic acids is 1. The Labute approximate surface area is 118 Å². The molecule has 1 aromatic carbocycles. The maximum Gasteiger partial charge on any atom is 0.326 e. The number of nitrogens with one attached hydrogen (secondary N) is 2. The molecule has 0 saturated heterocycles. The molecule has 1 heterocycles. The molecule has 1 aromatic rings. The second kappa shape index (κ2) is 5.94. The Morgan fingerprint density at radius 3 is 2.75 bits per heavy atom. The maximum absolute atomic E-state index is 12.0. The third-order valence-electron chi connectivity index (χ3n) is 3.62. The van der Waals surface area contributed by atoms with Gasteiger partial charge in [0.05, 0.1) is 0 Å². The van der Waals surface area contributed by atoms with E-state index in [1.165, 1.54) is 0 Å². The molecular weight excluding hydrogens is 256 g/mol. The molecule has 0 saturated carbocycles. The van der Waals surface area contributed by atoms with Crippen molar-refractivity contribution < 1.29 is 14.7 Å². The first-order chi connectivity index (χ1) is 9.49. The monoisotopic (exact) mass is 276 g/mol. The summed E-state index contributed by atoms with van der Waals surface area (Å²) in [5.41, 5.74) is 2.18. The van der Waals surface area contributed by atoms with Crippen LogP contribution in [0.3, 0.4) is 0 Å². The summed E-state index contributed by atoms with van der Waals surface area (Å²) in [6.45, 7) is 4.28. The van der Waals surface area contributed by atoms with Gasteiger partial charge in [-0.15, -0.1) is 0 Å². The van der Waals surface area contributed by atoms with E-state index in [0.29, 0.717) is 13.0 Å². The summed E-state index contributed by atoms with van der Waals surface area (Å²) in [6, 6.07) is 7.07. The zero-order valence-electron chi connectivity index (χ0n) is 11.7. The quantitative estimate of drug-likeness (QED) is 0.766. The number of para-hydroxylation sites is 1. The third kappa shape index (κ3) is 3.10. The van der Waals surface area contributed by atoms with Gasteiger partial charge in [0.2, 0.25) is 5.91 Å². The molecule has 0 aromatic heterocycles. The lowest BCUT2D eigenvalue weighted by atomic mass is 9.97. The van der Waals surface area contributed by atoms with Crippen molar-refractivity contribution in [1.82, 2.24) is 5.32 Å². The van der Waals surface area contributed by atoms with Crippen LogP contribution < -0.4 is 10.6 Å². The van der Waals surface area contributed by atoms with E-state index in [4.69, 9.17) is 5.11 Å². The van der Waals surface area contributed by atoms with E-state index in [9.17, 15) is 9.59 Å². The van der Waals surface area contributed by atoms with Gasteiger partial charge in [-0.25, -0.2) is 4.79 Å². The van der Waals surface area contributed by atoms with Gasteiger partial charge < -0.3 is 15.7 Å². The lowest BCUT2D eigenvalue weighted by molar-refractivity contribution is -0.143. The van der Waals surface area contributed by atoms with E-state index in [-0.39, 0.29) is 17.7 Å². The molecule has 5 nitrogen and oxygen atoms in total. The highest BCUT2D eigenvalue weighted by Gasteiger charge is 2.27. The molecule has 0 bridgehead atoms. The third-order valence-corrected chi connectivity index (χ3v) is 3.62. The first-order valence-corrected chi connectivity index (χ1v) is 6.84. The van der Waals surface area contributed by atoms with Crippen LogP contribution in [0.4, 0.5) is 5.69 Å². The molecule has 108 valence electrons. The Kier molecular flexibility index (Phi) is 4.27. The first-order valence-electron chi connectivity index (χ1n) is 6.84. The van der Waals surface area contributed by atoms with Crippen molar-refractivity contribution in [2.24, 2.45) is 5.92 Å². The average Bonchev–Trinajstić information content (AvgIpc) is 2.79. The molecule has 1 aliphatic heterocycles. The van der Waals surface area contributed by atoms with Crippen molar-refractivity contribution in [3.8, 4) is 0 Å². The van der Waals surface area contributed by atoms with Crippen LogP contribution >= 0.6 is 0 Å². The molecule has 1 aliphatic rings. The number of amides is 1. The summed E-state index contributed by atoms with van der Waals surface area (Å²) in [4.78, 5) is 23.1. The number of carboxylic acid groups (broad SMARTS) is 1. The Bertz CT molecular complexity index is 514. The molecule has 1 amide bonds. The zero-order chi connectivity index (χ0) is 14.7. The van der Waals surface area contributed by atoms with Crippen LogP contribution in [0.25, 0.3) is 0 Å². The zero-order valence-corrected chi connectivity index (χ0v) is 11.7. The fourth-order valence-electron chi connectivity index (χ4n) is 2.51. The van der Waals surface area contributed by atoms with Crippen molar-refractivity contribution in [3.05, 3.63) is 29.8 Å². The Balaban J connectivity index is 1.98. The number of fused-ring (bicyclic) bond motifs is 1. The molecule has 2 rings (SSSR count). The fourth-order valence-corrected chi connectivity index (χ4v) is 2.51. The molecule has 0 aliphatic carbocycles. The number of hydrogen-bond acceptors (Lipinski definition) is 3. The number of anilines is 1. The van der Waals surface area contributed by atoms with Gasteiger partial charge in [-0.05, 0) is 17.5 Å². The van der Waals surface area contributed by atoms with Crippen LogP contribution in [-0.2, 0) is 9.59 Å². The van der Waals surface area contributed by atoms with Crippen LogP contribution in [0.5, 0.6) is 0 Å². The summed E-state index contributed by atoms with van der Waals surface area (Å²) in [5.74, 6) is -1.23. The van der Waals surface area contributed by atoms with E-state index < -0.39 is 12.0 Å². The molecule has 1 unspecified atom stereocenters. The van der Waals surface area contributed by atoms with Gasteiger partial charge in [0.15, 0.2) is 0 Å².